The van der Waals surface area contributed by atoms with Crippen molar-refractivity contribution in [3.05, 3.63) is 60.2 Å². The van der Waals surface area contributed by atoms with Crippen molar-refractivity contribution in [1.82, 2.24) is 4.90 Å². The number of amides is 2. The van der Waals surface area contributed by atoms with Crippen molar-refractivity contribution in [2.24, 2.45) is 4.99 Å². The molecule has 2 aromatic carbocycles. The van der Waals surface area contributed by atoms with Crippen LogP contribution in [0.4, 0.5) is 20.2 Å². The molecule has 0 bridgehead atoms. The second-order valence-electron chi connectivity index (χ2n) is 5.79. The lowest BCUT2D eigenvalue weighted by Gasteiger charge is -2.13. The highest BCUT2D eigenvalue weighted by Crippen LogP contribution is 2.31. The number of benzene rings is 2. The minimum absolute atomic E-state index is 0.0745. The lowest BCUT2D eigenvalue weighted by Crippen LogP contribution is -2.33. The molecule has 0 saturated carbocycles. The van der Waals surface area contributed by atoms with Crippen molar-refractivity contribution in [3.63, 3.8) is 0 Å². The number of nitrogens with one attached hydrogen (secondary N) is 1. The standard InChI is InChI=1S/C19H17F2N3O2S/c1-2-24-18(26)16(11-17(25)23-15-6-4-3-5-14(15)21)27-19(24)22-13-9-7-12(20)8-10-13/h3-10,16H,2,11H2,1H3,(H,23,25)/t16-/m0/s1. The van der Waals surface area contributed by atoms with Crippen molar-refractivity contribution >= 4 is 40.1 Å². The summed E-state index contributed by atoms with van der Waals surface area (Å²) in [5.41, 5.74) is 0.590. The predicted molar refractivity (Wildman–Crippen MR) is 102 cm³/mol. The zero-order valence-corrected chi connectivity index (χ0v) is 15.3. The summed E-state index contributed by atoms with van der Waals surface area (Å²) < 4.78 is 26.7. The zero-order valence-electron chi connectivity index (χ0n) is 14.5. The zero-order chi connectivity index (χ0) is 19.4. The van der Waals surface area contributed by atoms with Crippen LogP contribution < -0.4 is 5.32 Å². The average molecular weight is 389 g/mol. The van der Waals surface area contributed by atoms with Crippen LogP contribution in [0.2, 0.25) is 0 Å². The molecule has 5 nitrogen and oxygen atoms in total. The summed E-state index contributed by atoms with van der Waals surface area (Å²) in [6.45, 7) is 2.21. The minimum Gasteiger partial charge on any atom is -0.324 e. The van der Waals surface area contributed by atoms with Gasteiger partial charge >= 0.3 is 0 Å². The van der Waals surface area contributed by atoms with Crippen molar-refractivity contribution in [1.29, 1.82) is 0 Å². The molecule has 2 aromatic rings. The lowest BCUT2D eigenvalue weighted by atomic mass is 10.2. The number of para-hydroxylation sites is 1. The summed E-state index contributed by atoms with van der Waals surface area (Å²) in [5.74, 6) is -1.59. The van der Waals surface area contributed by atoms with Gasteiger partial charge in [0.1, 0.15) is 16.9 Å². The topological polar surface area (TPSA) is 61.8 Å². The molecule has 0 unspecified atom stereocenters. The number of rotatable bonds is 5. The van der Waals surface area contributed by atoms with Gasteiger partial charge in [-0.25, -0.2) is 13.8 Å². The summed E-state index contributed by atoms with van der Waals surface area (Å²) in [6.07, 6.45) is -0.100. The van der Waals surface area contributed by atoms with E-state index in [2.05, 4.69) is 10.3 Å². The van der Waals surface area contributed by atoms with Crippen LogP contribution in [-0.4, -0.2) is 33.7 Å². The van der Waals surface area contributed by atoms with Crippen molar-refractivity contribution in [3.8, 4) is 0 Å². The van der Waals surface area contributed by atoms with Crippen molar-refractivity contribution in [2.75, 3.05) is 11.9 Å². The first-order valence-corrected chi connectivity index (χ1v) is 9.22. The van der Waals surface area contributed by atoms with Gasteiger partial charge in [-0.2, -0.15) is 0 Å². The Labute approximate surface area is 159 Å². The van der Waals surface area contributed by atoms with Gasteiger partial charge in [-0.1, -0.05) is 23.9 Å². The Morgan fingerprint density at radius 3 is 2.56 bits per heavy atom. The van der Waals surface area contributed by atoms with Crippen LogP contribution in [-0.2, 0) is 9.59 Å². The third-order valence-corrected chi connectivity index (χ3v) is 5.08. The number of amidine groups is 1. The maximum Gasteiger partial charge on any atom is 0.242 e. The molecule has 1 atom stereocenters. The van der Waals surface area contributed by atoms with E-state index in [0.29, 0.717) is 17.4 Å². The number of aliphatic imine (C=N–C) groups is 1. The van der Waals surface area contributed by atoms with Crippen molar-refractivity contribution in [2.45, 2.75) is 18.6 Å². The van der Waals surface area contributed by atoms with Gasteiger partial charge in [0.25, 0.3) is 0 Å². The first-order chi connectivity index (χ1) is 13.0. The Hall–Kier alpha value is -2.74. The molecule has 2 amide bonds. The van der Waals surface area contributed by atoms with Crippen LogP contribution in [0.15, 0.2) is 53.5 Å². The second kappa shape index (κ2) is 8.30. The number of carbonyl (C=O) groups excluding carboxylic acids is 2. The number of hydrogen-bond acceptors (Lipinski definition) is 4. The smallest absolute Gasteiger partial charge is 0.242 e. The SMILES string of the molecule is CCN1C(=O)[C@H](CC(=O)Nc2ccccc2F)SC1=Nc1ccc(F)cc1. The van der Waals surface area contributed by atoms with Gasteiger partial charge in [-0.15, -0.1) is 0 Å². The Kier molecular flexibility index (Phi) is 5.85. The molecule has 1 N–H and O–H groups in total. The Bertz CT molecular complexity index is 887. The van der Waals surface area contributed by atoms with E-state index in [1.54, 1.807) is 13.0 Å². The summed E-state index contributed by atoms with van der Waals surface area (Å²) in [5, 5.41) is 2.30. The van der Waals surface area contributed by atoms with Gasteiger partial charge < -0.3 is 5.32 Å². The third kappa shape index (κ3) is 4.51. The lowest BCUT2D eigenvalue weighted by molar-refractivity contribution is -0.128. The summed E-state index contributed by atoms with van der Waals surface area (Å²) >= 11 is 1.17. The highest BCUT2D eigenvalue weighted by molar-refractivity contribution is 8.15. The molecule has 1 aliphatic heterocycles. The quantitative estimate of drug-likeness (QED) is 0.842. The fraction of sp³-hybridized carbons (Fsp3) is 0.211. The van der Waals surface area contributed by atoms with Crippen LogP contribution in [0.3, 0.4) is 0 Å². The number of thioether (sulfide) groups is 1. The molecule has 1 fully saturated rings. The van der Waals surface area contributed by atoms with Gasteiger partial charge in [-0.05, 0) is 43.3 Å². The molecular weight excluding hydrogens is 372 g/mol. The summed E-state index contributed by atoms with van der Waals surface area (Å²) in [7, 11) is 0. The maximum absolute atomic E-state index is 13.6. The van der Waals surface area contributed by atoms with Crippen LogP contribution in [0.25, 0.3) is 0 Å². The largest absolute Gasteiger partial charge is 0.324 e. The van der Waals surface area contributed by atoms with E-state index in [1.165, 1.54) is 59.1 Å². The normalized spacial score (nSPS) is 18.2. The highest BCUT2D eigenvalue weighted by atomic mass is 32.2. The average Bonchev–Trinajstić information content (AvgIpc) is 2.93. The molecule has 3 rings (SSSR count). The van der Waals surface area contributed by atoms with Gasteiger partial charge in [0.05, 0.1) is 11.4 Å². The van der Waals surface area contributed by atoms with E-state index < -0.39 is 17.0 Å². The molecule has 1 heterocycles. The van der Waals surface area contributed by atoms with E-state index >= 15 is 0 Å². The molecular formula is C19H17F2N3O2S. The minimum atomic E-state index is -0.643. The van der Waals surface area contributed by atoms with E-state index in [1.807, 2.05) is 0 Å². The molecule has 27 heavy (non-hydrogen) atoms. The number of hydrogen-bond donors (Lipinski definition) is 1. The predicted octanol–water partition coefficient (Wildman–Crippen LogP) is 3.95. The molecule has 8 heteroatoms. The monoisotopic (exact) mass is 389 g/mol. The third-order valence-electron chi connectivity index (χ3n) is 3.91. The fourth-order valence-corrected chi connectivity index (χ4v) is 3.80. The maximum atomic E-state index is 13.6. The summed E-state index contributed by atoms with van der Waals surface area (Å²) in [6, 6.07) is 11.4. The molecule has 0 radical (unpaired) electrons. The molecule has 0 aromatic heterocycles. The number of anilines is 1. The van der Waals surface area contributed by atoms with Gasteiger partial charge in [0.2, 0.25) is 11.8 Å². The first kappa shape index (κ1) is 19.0. The molecule has 140 valence electrons. The highest BCUT2D eigenvalue weighted by Gasteiger charge is 2.38. The van der Waals surface area contributed by atoms with E-state index in [0.717, 1.165) is 0 Å². The Morgan fingerprint density at radius 1 is 1.19 bits per heavy atom. The fourth-order valence-electron chi connectivity index (χ4n) is 2.57. The molecule has 0 aliphatic carbocycles. The van der Waals surface area contributed by atoms with E-state index in [-0.39, 0.29) is 23.8 Å². The number of nitrogens with zero attached hydrogens (tertiary/aromatic N) is 2. The van der Waals surface area contributed by atoms with E-state index in [9.17, 15) is 18.4 Å². The van der Waals surface area contributed by atoms with Crippen LogP contribution in [0.5, 0.6) is 0 Å². The van der Waals surface area contributed by atoms with Gasteiger partial charge in [0, 0.05) is 13.0 Å². The van der Waals surface area contributed by atoms with Crippen LogP contribution in [0, 0.1) is 11.6 Å². The second-order valence-corrected chi connectivity index (χ2v) is 6.96. The molecule has 1 saturated heterocycles. The van der Waals surface area contributed by atoms with Crippen molar-refractivity contribution < 1.29 is 18.4 Å². The van der Waals surface area contributed by atoms with Crippen LogP contribution >= 0.6 is 11.8 Å². The Morgan fingerprint density at radius 2 is 1.89 bits per heavy atom. The van der Waals surface area contributed by atoms with Gasteiger partial charge in [-0.3, -0.25) is 14.5 Å². The van der Waals surface area contributed by atoms with E-state index in [4.69, 9.17) is 0 Å². The number of carbonyl (C=O) groups is 2. The number of halogens is 2. The van der Waals surface area contributed by atoms with Crippen LogP contribution in [0.1, 0.15) is 13.3 Å². The molecule has 0 spiro atoms. The first-order valence-electron chi connectivity index (χ1n) is 8.34. The van der Waals surface area contributed by atoms with Gasteiger partial charge in [0.15, 0.2) is 5.17 Å². The molecule has 1 aliphatic rings. The summed E-state index contributed by atoms with van der Waals surface area (Å²) in [4.78, 5) is 30.6. The Balaban J connectivity index is 1.71.